The van der Waals surface area contributed by atoms with Crippen LogP contribution in [0.2, 0.25) is 5.02 Å². The summed E-state index contributed by atoms with van der Waals surface area (Å²) in [5.41, 5.74) is 8.17. The van der Waals surface area contributed by atoms with Gasteiger partial charge in [0.1, 0.15) is 0 Å². The number of nitrogens with zero attached hydrogens (tertiary/aromatic N) is 1. The largest absolute Gasteiger partial charge is 0.371 e. The van der Waals surface area contributed by atoms with Crippen molar-refractivity contribution in [3.63, 3.8) is 0 Å². The molecule has 2 atom stereocenters. The lowest BCUT2D eigenvalue weighted by molar-refractivity contribution is 0.699. The highest BCUT2D eigenvalue weighted by atomic mass is 35.5. The molecule has 18 heavy (non-hydrogen) atoms. The number of rotatable bonds is 4. The van der Waals surface area contributed by atoms with E-state index in [4.69, 9.17) is 17.3 Å². The van der Waals surface area contributed by atoms with E-state index in [0.717, 1.165) is 17.0 Å². The van der Waals surface area contributed by atoms with Gasteiger partial charge < -0.3 is 10.6 Å². The van der Waals surface area contributed by atoms with Gasteiger partial charge in [-0.25, -0.2) is 0 Å². The summed E-state index contributed by atoms with van der Waals surface area (Å²) in [5.74, 6) is 2.49. The van der Waals surface area contributed by atoms with E-state index in [1.165, 1.54) is 23.6 Å². The summed E-state index contributed by atoms with van der Waals surface area (Å²) >= 11 is 8.37. The van der Waals surface area contributed by atoms with Crippen LogP contribution in [0.4, 0.5) is 5.69 Å². The first-order valence-electron chi connectivity index (χ1n) is 6.42. The van der Waals surface area contributed by atoms with Gasteiger partial charge in [0, 0.05) is 35.6 Å². The lowest BCUT2D eigenvalue weighted by Crippen LogP contribution is -2.31. The summed E-state index contributed by atoms with van der Waals surface area (Å²) in [7, 11) is 2.16. The molecule has 1 saturated heterocycles. The van der Waals surface area contributed by atoms with Crippen LogP contribution in [0.1, 0.15) is 18.9 Å². The van der Waals surface area contributed by atoms with Crippen molar-refractivity contribution in [3.05, 3.63) is 28.8 Å². The van der Waals surface area contributed by atoms with Crippen LogP contribution in [0.25, 0.3) is 0 Å². The summed E-state index contributed by atoms with van der Waals surface area (Å²) in [4.78, 5) is 2.35. The number of nitrogens with two attached hydrogens (primary N) is 1. The van der Waals surface area contributed by atoms with E-state index in [1.807, 2.05) is 18.7 Å². The van der Waals surface area contributed by atoms with E-state index < -0.39 is 0 Å². The number of anilines is 1. The van der Waals surface area contributed by atoms with Crippen molar-refractivity contribution in [1.29, 1.82) is 0 Å². The second-order valence-corrected chi connectivity index (χ2v) is 6.64. The topological polar surface area (TPSA) is 29.3 Å². The zero-order valence-electron chi connectivity index (χ0n) is 11.0. The van der Waals surface area contributed by atoms with Gasteiger partial charge in [0.15, 0.2) is 0 Å². The van der Waals surface area contributed by atoms with E-state index in [9.17, 15) is 0 Å². The Bertz CT molecular complexity index is 403. The van der Waals surface area contributed by atoms with Gasteiger partial charge in [0.05, 0.1) is 0 Å². The minimum Gasteiger partial charge on any atom is -0.371 e. The minimum atomic E-state index is 0.150. The summed E-state index contributed by atoms with van der Waals surface area (Å²) in [6.45, 7) is 2.01. The molecule has 0 saturated carbocycles. The van der Waals surface area contributed by atoms with E-state index in [2.05, 4.69) is 30.1 Å². The summed E-state index contributed by atoms with van der Waals surface area (Å²) in [5, 5.41) is 0.835. The molecule has 2 nitrogen and oxygen atoms in total. The SMILES string of the molecule is CC(N)Cc1ccc(N(C)C2CCSC2)cc1Cl. The summed E-state index contributed by atoms with van der Waals surface area (Å²) in [6.07, 6.45) is 2.10. The van der Waals surface area contributed by atoms with Crippen molar-refractivity contribution in [1.82, 2.24) is 0 Å². The van der Waals surface area contributed by atoms with E-state index in [0.29, 0.717) is 6.04 Å². The van der Waals surface area contributed by atoms with Crippen molar-refractivity contribution in [2.24, 2.45) is 5.73 Å². The van der Waals surface area contributed by atoms with Gasteiger partial charge in [-0.2, -0.15) is 11.8 Å². The monoisotopic (exact) mass is 284 g/mol. The Morgan fingerprint density at radius 2 is 2.33 bits per heavy atom. The second-order valence-electron chi connectivity index (χ2n) is 5.09. The van der Waals surface area contributed by atoms with Crippen molar-refractivity contribution >= 4 is 29.1 Å². The normalized spacial score (nSPS) is 21.0. The van der Waals surface area contributed by atoms with Crippen LogP contribution in [0.15, 0.2) is 18.2 Å². The molecule has 0 radical (unpaired) electrons. The van der Waals surface area contributed by atoms with Crippen molar-refractivity contribution in [2.45, 2.75) is 31.8 Å². The molecule has 1 aromatic carbocycles. The van der Waals surface area contributed by atoms with E-state index in [-0.39, 0.29) is 6.04 Å². The molecule has 2 N–H and O–H groups in total. The Kier molecular flexibility index (Phi) is 4.82. The average Bonchev–Trinajstić information content (AvgIpc) is 2.84. The summed E-state index contributed by atoms with van der Waals surface area (Å²) < 4.78 is 0. The fourth-order valence-corrected chi connectivity index (χ4v) is 3.83. The van der Waals surface area contributed by atoms with Gasteiger partial charge >= 0.3 is 0 Å². The maximum atomic E-state index is 6.34. The fraction of sp³-hybridized carbons (Fsp3) is 0.571. The molecule has 1 heterocycles. The third-order valence-corrected chi connectivity index (χ3v) is 4.94. The maximum absolute atomic E-state index is 6.34. The van der Waals surface area contributed by atoms with E-state index in [1.54, 1.807) is 0 Å². The molecule has 0 amide bonds. The first kappa shape index (κ1) is 14.0. The first-order chi connectivity index (χ1) is 8.58. The van der Waals surface area contributed by atoms with Gasteiger partial charge in [-0.3, -0.25) is 0 Å². The molecular weight excluding hydrogens is 264 g/mol. The third-order valence-electron chi connectivity index (χ3n) is 3.44. The second kappa shape index (κ2) is 6.18. The molecule has 0 aromatic heterocycles. The highest BCUT2D eigenvalue weighted by Gasteiger charge is 2.20. The highest BCUT2D eigenvalue weighted by molar-refractivity contribution is 7.99. The van der Waals surface area contributed by atoms with Crippen LogP contribution >= 0.6 is 23.4 Å². The molecule has 1 aliphatic rings. The molecule has 0 bridgehead atoms. The maximum Gasteiger partial charge on any atom is 0.0459 e. The van der Waals surface area contributed by atoms with Crippen molar-refractivity contribution in [2.75, 3.05) is 23.5 Å². The van der Waals surface area contributed by atoms with Crippen LogP contribution in [0.5, 0.6) is 0 Å². The molecule has 0 spiro atoms. The fourth-order valence-electron chi connectivity index (χ4n) is 2.31. The predicted molar refractivity (Wildman–Crippen MR) is 82.9 cm³/mol. The molecule has 1 aliphatic heterocycles. The number of hydrogen-bond acceptors (Lipinski definition) is 3. The van der Waals surface area contributed by atoms with Crippen molar-refractivity contribution in [3.8, 4) is 0 Å². The predicted octanol–water partition coefficient (Wildman–Crippen LogP) is 3.17. The van der Waals surface area contributed by atoms with Gasteiger partial charge in [0.2, 0.25) is 0 Å². The average molecular weight is 285 g/mol. The molecule has 2 rings (SSSR count). The van der Waals surface area contributed by atoms with Crippen LogP contribution < -0.4 is 10.6 Å². The number of benzene rings is 1. The summed E-state index contributed by atoms with van der Waals surface area (Å²) in [6, 6.07) is 7.14. The lowest BCUT2D eigenvalue weighted by atomic mass is 10.1. The molecule has 100 valence electrons. The van der Waals surface area contributed by atoms with Gasteiger partial charge in [0.25, 0.3) is 0 Å². The Labute approximate surface area is 119 Å². The van der Waals surface area contributed by atoms with Gasteiger partial charge in [-0.15, -0.1) is 0 Å². The Hall–Kier alpha value is -0.380. The zero-order valence-corrected chi connectivity index (χ0v) is 12.6. The Balaban J connectivity index is 2.12. The molecule has 4 heteroatoms. The van der Waals surface area contributed by atoms with Crippen LogP contribution in [-0.4, -0.2) is 30.6 Å². The van der Waals surface area contributed by atoms with Gasteiger partial charge in [-0.05, 0) is 43.2 Å². The lowest BCUT2D eigenvalue weighted by Gasteiger charge is -2.26. The molecular formula is C14H21ClN2S. The molecule has 0 aliphatic carbocycles. The Morgan fingerprint density at radius 3 is 2.89 bits per heavy atom. The van der Waals surface area contributed by atoms with E-state index >= 15 is 0 Å². The molecule has 1 aromatic rings. The van der Waals surface area contributed by atoms with Crippen molar-refractivity contribution < 1.29 is 0 Å². The standard InChI is InChI=1S/C14H21ClN2S/c1-10(16)7-11-3-4-12(8-14(11)15)17(2)13-5-6-18-9-13/h3-4,8,10,13H,5-7,9,16H2,1-2H3. The minimum absolute atomic E-state index is 0.150. The number of thioether (sulfide) groups is 1. The smallest absolute Gasteiger partial charge is 0.0459 e. The zero-order chi connectivity index (χ0) is 13.1. The van der Waals surface area contributed by atoms with Crippen LogP contribution in [-0.2, 0) is 6.42 Å². The Morgan fingerprint density at radius 1 is 1.56 bits per heavy atom. The molecule has 2 unspecified atom stereocenters. The molecule has 1 fully saturated rings. The van der Waals surface area contributed by atoms with Crippen LogP contribution in [0.3, 0.4) is 0 Å². The third kappa shape index (κ3) is 3.34. The quantitative estimate of drug-likeness (QED) is 0.921. The highest BCUT2D eigenvalue weighted by Crippen LogP contribution is 2.29. The number of hydrogen-bond donors (Lipinski definition) is 1. The number of halogens is 1. The first-order valence-corrected chi connectivity index (χ1v) is 7.96. The van der Waals surface area contributed by atoms with Gasteiger partial charge in [-0.1, -0.05) is 17.7 Å². The van der Waals surface area contributed by atoms with Crippen LogP contribution in [0, 0.1) is 0 Å².